The lowest BCUT2D eigenvalue weighted by molar-refractivity contribution is 0.0954. The predicted octanol–water partition coefficient (Wildman–Crippen LogP) is 7.04. The lowest BCUT2D eigenvalue weighted by Gasteiger charge is -2.41. The van der Waals surface area contributed by atoms with Crippen LogP contribution in [0.2, 0.25) is 0 Å². The molecule has 0 spiro atoms. The van der Waals surface area contributed by atoms with Gasteiger partial charge in [-0.3, -0.25) is 19.6 Å². The Hall–Kier alpha value is -4.05. The first-order valence-electron chi connectivity index (χ1n) is 16.9. The van der Waals surface area contributed by atoms with Gasteiger partial charge in [-0.2, -0.15) is 0 Å². The molecule has 2 N–H and O–H groups in total. The van der Waals surface area contributed by atoms with Crippen molar-refractivity contribution in [3.63, 3.8) is 0 Å². The van der Waals surface area contributed by atoms with E-state index in [1.807, 2.05) is 13.0 Å². The van der Waals surface area contributed by atoms with Crippen LogP contribution in [-0.4, -0.2) is 61.9 Å². The van der Waals surface area contributed by atoms with Crippen molar-refractivity contribution in [2.45, 2.75) is 77.0 Å². The van der Waals surface area contributed by atoms with Gasteiger partial charge in [0, 0.05) is 29.1 Å². The van der Waals surface area contributed by atoms with E-state index in [4.69, 9.17) is 4.99 Å². The average molecular weight is 645 g/mol. The molecule has 0 bridgehead atoms. The number of likely N-dealkylation sites (tertiary alicyclic amines) is 1. The number of carbonyl (C=O) groups excluding carboxylic acids is 2. The molecule has 3 fully saturated rings. The number of carbonyl (C=O) groups is 2. The highest BCUT2D eigenvalue weighted by Crippen LogP contribution is 2.48. The summed E-state index contributed by atoms with van der Waals surface area (Å²) in [4.78, 5) is 42.6. The normalized spacial score (nSPS) is 22.8. The van der Waals surface area contributed by atoms with Crippen molar-refractivity contribution in [3.8, 4) is 0 Å². The van der Waals surface area contributed by atoms with Crippen LogP contribution in [0.5, 0.6) is 0 Å². The van der Waals surface area contributed by atoms with E-state index in [1.54, 1.807) is 29.7 Å². The number of benzene rings is 2. The molecular weight excluding hydrogens is 595 g/mol. The number of fused-ring (bicyclic) bond motifs is 1. The van der Waals surface area contributed by atoms with Gasteiger partial charge in [0.25, 0.3) is 5.91 Å². The molecule has 2 aliphatic heterocycles. The molecule has 10 heteroatoms. The van der Waals surface area contributed by atoms with Crippen LogP contribution in [0.15, 0.2) is 75.6 Å². The minimum atomic E-state index is -0.626. The van der Waals surface area contributed by atoms with Gasteiger partial charge in [-0.05, 0) is 126 Å². The molecule has 0 aromatic heterocycles. The molecule has 252 valence electrons. The first kappa shape index (κ1) is 35.8. The fourth-order valence-corrected chi connectivity index (χ4v) is 6.67. The van der Waals surface area contributed by atoms with Gasteiger partial charge in [-0.15, -0.1) is 4.91 Å². The number of nitrogens with one attached hydrogen (secondary N) is 2. The van der Waals surface area contributed by atoms with Crippen molar-refractivity contribution in [2.75, 3.05) is 33.2 Å². The highest BCUT2D eigenvalue weighted by molar-refractivity contribution is 5.95. The van der Waals surface area contributed by atoms with E-state index in [2.05, 4.69) is 46.6 Å². The highest BCUT2D eigenvalue weighted by atomic mass is 19.1. The van der Waals surface area contributed by atoms with Crippen LogP contribution >= 0.6 is 0 Å². The maximum absolute atomic E-state index is 13.8. The van der Waals surface area contributed by atoms with E-state index in [1.165, 1.54) is 61.2 Å². The van der Waals surface area contributed by atoms with E-state index in [9.17, 15) is 18.9 Å². The zero-order chi connectivity index (χ0) is 33.6. The lowest BCUT2D eigenvalue weighted by Crippen LogP contribution is -2.41. The van der Waals surface area contributed by atoms with Gasteiger partial charge in [-0.25, -0.2) is 9.82 Å². The monoisotopic (exact) mass is 644 g/mol. The molecule has 2 atom stereocenters. The van der Waals surface area contributed by atoms with Gasteiger partial charge in [0.15, 0.2) is 0 Å². The number of amidine groups is 1. The molecule has 2 heterocycles. The van der Waals surface area contributed by atoms with Crippen molar-refractivity contribution in [2.24, 2.45) is 27.1 Å². The molecule has 4 aliphatic rings. The van der Waals surface area contributed by atoms with Crippen molar-refractivity contribution < 1.29 is 14.0 Å². The Bertz CT molecular complexity index is 1460. The van der Waals surface area contributed by atoms with Crippen LogP contribution in [0, 0.1) is 22.6 Å². The Labute approximate surface area is 278 Å². The van der Waals surface area contributed by atoms with Crippen LogP contribution in [0.4, 0.5) is 4.39 Å². The summed E-state index contributed by atoms with van der Waals surface area (Å²) in [7, 11) is 2.19. The third-order valence-electron chi connectivity index (χ3n) is 9.58. The number of amides is 1. The Morgan fingerprint density at radius 1 is 1.19 bits per heavy atom. The number of piperidine rings is 1. The summed E-state index contributed by atoms with van der Waals surface area (Å²) in [5, 5.41) is 5.43. The van der Waals surface area contributed by atoms with E-state index in [0.717, 1.165) is 69.5 Å². The third kappa shape index (κ3) is 10.7. The molecule has 2 unspecified atom stereocenters. The molecule has 6 rings (SSSR count). The highest BCUT2D eigenvalue weighted by Gasteiger charge is 2.43. The first-order valence-corrected chi connectivity index (χ1v) is 16.9. The summed E-state index contributed by atoms with van der Waals surface area (Å²) in [5.74, 6) is 2.09. The predicted molar refractivity (Wildman–Crippen MR) is 186 cm³/mol. The molecular formula is C37H49FN6O3. The summed E-state index contributed by atoms with van der Waals surface area (Å²) in [5.41, 5.74) is 6.38. The Morgan fingerprint density at radius 3 is 2.66 bits per heavy atom. The number of aldehydes is 1. The Morgan fingerprint density at radius 2 is 1.98 bits per heavy atom. The minimum absolute atomic E-state index is 0.106. The Balaban J connectivity index is 0.000000183. The molecule has 2 aromatic carbocycles. The molecule has 2 aromatic rings. The number of nitrogens with zero attached hydrogens (tertiary/aromatic N) is 4. The van der Waals surface area contributed by atoms with Gasteiger partial charge in [0.05, 0.1) is 17.7 Å². The number of allylic oxidation sites excluding steroid dienone is 1. The second kappa shape index (κ2) is 17.8. The molecule has 2 saturated carbocycles. The zero-order valence-electron chi connectivity index (χ0n) is 28.0. The average Bonchev–Trinajstić information content (AvgIpc) is 3.78. The van der Waals surface area contributed by atoms with Crippen LogP contribution in [0.3, 0.4) is 0 Å². The van der Waals surface area contributed by atoms with Gasteiger partial charge in [-0.1, -0.05) is 43.7 Å². The largest absolute Gasteiger partial charge is 0.346 e. The van der Waals surface area contributed by atoms with E-state index < -0.39 is 5.91 Å². The van der Waals surface area contributed by atoms with Gasteiger partial charge in [0.2, 0.25) is 0 Å². The van der Waals surface area contributed by atoms with Crippen LogP contribution < -0.4 is 10.7 Å². The van der Waals surface area contributed by atoms with Crippen LogP contribution in [-0.2, 0) is 5.41 Å². The number of hydrogen-bond acceptors (Lipinski definition) is 8. The van der Waals surface area contributed by atoms with Crippen molar-refractivity contribution in [1.82, 2.24) is 15.6 Å². The molecule has 1 saturated heterocycles. The first-order chi connectivity index (χ1) is 22.8. The topological polar surface area (TPSA) is 116 Å². The van der Waals surface area contributed by atoms with Gasteiger partial charge in [0.1, 0.15) is 12.1 Å². The minimum Gasteiger partial charge on any atom is -0.346 e. The number of unbranched alkanes of at least 4 members (excludes halogenated alkanes) is 1. The maximum Gasteiger partial charge on any atom is 0.273 e. The van der Waals surface area contributed by atoms with Crippen molar-refractivity contribution >= 4 is 23.7 Å². The SMILES string of the molecule is CCC/C=C1\CN=C(C)N1.CN1CCC(CCN=C2CCCC3CC23)(c2cccc(F)c2)CC1.O=Cc1cccc(C(=O)NN=O)c1. The fraction of sp³-hybridized carbons (Fsp3) is 0.514. The maximum atomic E-state index is 13.8. The number of halogens is 1. The van der Waals surface area contributed by atoms with Crippen molar-refractivity contribution in [1.29, 1.82) is 0 Å². The van der Waals surface area contributed by atoms with Gasteiger partial charge >= 0.3 is 0 Å². The number of aliphatic imine (C=N–C) groups is 2. The second-order valence-electron chi connectivity index (χ2n) is 13.0. The summed E-state index contributed by atoms with van der Waals surface area (Å²) >= 11 is 0. The smallest absolute Gasteiger partial charge is 0.273 e. The number of nitroso groups, excluding NO2 is 1. The summed E-state index contributed by atoms with van der Waals surface area (Å²) in [6.45, 7) is 8.13. The zero-order valence-corrected chi connectivity index (χ0v) is 28.0. The van der Waals surface area contributed by atoms with Crippen molar-refractivity contribution in [3.05, 3.63) is 87.7 Å². The lowest BCUT2D eigenvalue weighted by atomic mass is 9.70. The summed E-state index contributed by atoms with van der Waals surface area (Å²) in [6.07, 6.45) is 13.9. The van der Waals surface area contributed by atoms with Crippen LogP contribution in [0.25, 0.3) is 0 Å². The number of hydrogen-bond donors (Lipinski definition) is 2. The van der Waals surface area contributed by atoms with E-state index in [-0.39, 0.29) is 16.8 Å². The molecule has 0 radical (unpaired) electrons. The summed E-state index contributed by atoms with van der Waals surface area (Å²) < 4.78 is 13.8. The molecule has 2 aliphatic carbocycles. The second-order valence-corrected chi connectivity index (χ2v) is 13.0. The van der Waals surface area contributed by atoms with Gasteiger partial charge < -0.3 is 10.2 Å². The fourth-order valence-electron chi connectivity index (χ4n) is 6.67. The quantitative estimate of drug-likeness (QED) is 0.173. The number of rotatable bonds is 9. The van der Waals surface area contributed by atoms with E-state index in [0.29, 0.717) is 11.8 Å². The van der Waals surface area contributed by atoms with Crippen LogP contribution in [0.1, 0.15) is 97.9 Å². The Kier molecular flexibility index (Phi) is 13.5. The standard InChI is InChI=1S/C21H29FN2.C8H6N2O3.C8H14N2/c1-24-12-9-21(10-13-24,17-5-3-6-18(22)15-17)8-11-23-20-7-2-4-16-14-19(16)20;11-5-6-2-1-3-7(4-6)8(12)9-10-13;1-3-4-5-8-6-9-7(2)10-8/h3,5-6,15-16,19H,2,4,7-14H2,1H3;1-5H,(H,9,12,13);5H,3-4,6H2,1-2H3,(H,9,10)/b;;8-5+. The molecule has 1 amide bonds. The summed E-state index contributed by atoms with van der Waals surface area (Å²) in [6, 6.07) is 13.3. The molecule has 9 nitrogen and oxygen atoms in total. The third-order valence-corrected chi connectivity index (χ3v) is 9.58. The van der Waals surface area contributed by atoms with E-state index >= 15 is 0 Å². The molecule has 47 heavy (non-hydrogen) atoms.